The minimum atomic E-state index is -4.44. The number of nitrogens with zero attached hydrogens (tertiary/aromatic N) is 2. The summed E-state index contributed by atoms with van der Waals surface area (Å²) in [7, 11) is 0. The Morgan fingerprint density at radius 2 is 1.78 bits per heavy atom. The van der Waals surface area contributed by atoms with E-state index in [1.54, 1.807) is 24.4 Å². The number of alkyl halides is 3. The van der Waals surface area contributed by atoms with E-state index in [4.69, 9.17) is 4.74 Å². The maximum Gasteiger partial charge on any atom is 0.416 e. The third-order valence-corrected chi connectivity index (χ3v) is 7.67. The van der Waals surface area contributed by atoms with Gasteiger partial charge in [-0.15, -0.1) is 22.7 Å². The van der Waals surface area contributed by atoms with E-state index in [0.717, 1.165) is 34.8 Å². The Labute approximate surface area is 212 Å². The second-order valence-corrected chi connectivity index (χ2v) is 9.98. The third kappa shape index (κ3) is 6.01. The molecule has 36 heavy (non-hydrogen) atoms. The Bertz CT molecular complexity index is 1280. The van der Waals surface area contributed by atoms with Gasteiger partial charge < -0.3 is 9.84 Å². The lowest BCUT2D eigenvalue weighted by molar-refractivity contribution is -0.137. The number of morpholine rings is 1. The SMILES string of the molecule is C/C(=N\NC(=O)c1ccc(C(=O)CN2CCOCC2)s1)c1csc(-c2ccc(C(F)(F)F)cc2)c1O. The van der Waals surface area contributed by atoms with Gasteiger partial charge in [0.25, 0.3) is 5.91 Å². The molecule has 190 valence electrons. The van der Waals surface area contributed by atoms with Crippen LogP contribution in [-0.4, -0.2) is 60.3 Å². The smallest absolute Gasteiger partial charge is 0.416 e. The first kappa shape index (κ1) is 26.0. The number of aromatic hydroxyl groups is 1. The van der Waals surface area contributed by atoms with Gasteiger partial charge in [-0.1, -0.05) is 12.1 Å². The first-order chi connectivity index (χ1) is 17.1. The molecule has 0 atom stereocenters. The Hall–Kier alpha value is -3.06. The number of thiophene rings is 2. The molecule has 1 amide bonds. The van der Waals surface area contributed by atoms with Crippen molar-refractivity contribution in [3.05, 3.63) is 62.7 Å². The van der Waals surface area contributed by atoms with Gasteiger partial charge in [0, 0.05) is 18.5 Å². The number of carbonyl (C=O) groups excluding carboxylic acids is 2. The van der Waals surface area contributed by atoms with Crippen LogP contribution in [0, 0.1) is 0 Å². The molecule has 2 N–H and O–H groups in total. The highest BCUT2D eigenvalue weighted by Gasteiger charge is 2.30. The zero-order valence-corrected chi connectivity index (χ0v) is 20.7. The van der Waals surface area contributed by atoms with Crippen LogP contribution in [0.5, 0.6) is 5.75 Å². The van der Waals surface area contributed by atoms with Crippen molar-refractivity contribution in [2.24, 2.45) is 5.10 Å². The Morgan fingerprint density at radius 3 is 2.44 bits per heavy atom. The average molecular weight is 538 g/mol. The van der Waals surface area contributed by atoms with Gasteiger partial charge in [0.1, 0.15) is 5.75 Å². The number of Topliss-reactive ketones (excluding diaryl/α,β-unsaturated/α-hetero) is 1. The fourth-order valence-electron chi connectivity index (χ4n) is 3.52. The average Bonchev–Trinajstić information content (AvgIpc) is 3.50. The summed E-state index contributed by atoms with van der Waals surface area (Å²) in [5.74, 6) is -0.704. The first-order valence-corrected chi connectivity index (χ1v) is 12.6. The minimum Gasteiger partial charge on any atom is -0.506 e. The monoisotopic (exact) mass is 537 g/mol. The molecule has 1 fully saturated rings. The van der Waals surface area contributed by atoms with Gasteiger partial charge >= 0.3 is 6.18 Å². The maximum atomic E-state index is 12.8. The molecule has 1 aliphatic rings. The van der Waals surface area contributed by atoms with E-state index < -0.39 is 17.6 Å². The largest absolute Gasteiger partial charge is 0.506 e. The molecule has 4 rings (SSSR count). The highest BCUT2D eigenvalue weighted by Crippen LogP contribution is 2.40. The van der Waals surface area contributed by atoms with Crippen molar-refractivity contribution in [2.75, 3.05) is 32.8 Å². The molecule has 0 spiro atoms. The van der Waals surface area contributed by atoms with Gasteiger partial charge in [-0.3, -0.25) is 14.5 Å². The summed E-state index contributed by atoms with van der Waals surface area (Å²) in [4.78, 5) is 28.2. The molecule has 2 aromatic heterocycles. The number of rotatable bonds is 7. The predicted molar refractivity (Wildman–Crippen MR) is 132 cm³/mol. The Kier molecular flexibility index (Phi) is 7.88. The zero-order valence-electron chi connectivity index (χ0n) is 19.1. The Morgan fingerprint density at radius 1 is 1.11 bits per heavy atom. The fourth-order valence-corrected chi connectivity index (χ4v) is 5.36. The summed E-state index contributed by atoms with van der Waals surface area (Å²) in [5.41, 5.74) is 2.74. The molecule has 0 bridgehead atoms. The number of nitrogens with one attached hydrogen (secondary N) is 1. The lowest BCUT2D eigenvalue weighted by Gasteiger charge is -2.25. The van der Waals surface area contributed by atoms with Gasteiger partial charge in [0.2, 0.25) is 0 Å². The van der Waals surface area contributed by atoms with Crippen LogP contribution in [0.25, 0.3) is 10.4 Å². The number of benzene rings is 1. The van der Waals surface area contributed by atoms with Crippen molar-refractivity contribution in [2.45, 2.75) is 13.1 Å². The molecule has 7 nitrogen and oxygen atoms in total. The van der Waals surface area contributed by atoms with Gasteiger partial charge in [-0.2, -0.15) is 18.3 Å². The van der Waals surface area contributed by atoms with E-state index in [-0.39, 0.29) is 18.1 Å². The summed E-state index contributed by atoms with van der Waals surface area (Å²) in [6.07, 6.45) is -4.44. The van der Waals surface area contributed by atoms with Crippen LogP contribution in [0.2, 0.25) is 0 Å². The number of amides is 1. The van der Waals surface area contributed by atoms with Crippen LogP contribution in [0.3, 0.4) is 0 Å². The van der Waals surface area contributed by atoms with Crippen LogP contribution in [-0.2, 0) is 10.9 Å². The lowest BCUT2D eigenvalue weighted by atomic mass is 10.1. The van der Waals surface area contributed by atoms with Gasteiger partial charge in [-0.25, -0.2) is 5.43 Å². The number of halogens is 3. The number of carbonyl (C=O) groups is 2. The van der Waals surface area contributed by atoms with Crippen molar-refractivity contribution in [3.8, 4) is 16.2 Å². The highest BCUT2D eigenvalue weighted by molar-refractivity contribution is 7.16. The first-order valence-electron chi connectivity index (χ1n) is 10.9. The van der Waals surface area contributed by atoms with Crippen LogP contribution in [0.4, 0.5) is 13.2 Å². The quantitative estimate of drug-likeness (QED) is 0.255. The number of hydrazone groups is 1. The van der Waals surface area contributed by atoms with Crippen molar-refractivity contribution in [1.82, 2.24) is 10.3 Å². The molecule has 0 aliphatic carbocycles. The summed E-state index contributed by atoms with van der Waals surface area (Å²) in [5, 5.41) is 16.3. The van der Waals surface area contributed by atoms with E-state index in [9.17, 15) is 27.9 Å². The molecule has 1 aliphatic heterocycles. The Balaban J connectivity index is 1.40. The number of hydrogen-bond donors (Lipinski definition) is 2. The van der Waals surface area contributed by atoms with Crippen LogP contribution >= 0.6 is 22.7 Å². The predicted octanol–water partition coefficient (Wildman–Crippen LogP) is 4.87. The number of ketones is 1. The summed E-state index contributed by atoms with van der Waals surface area (Å²) in [6, 6.07) is 7.66. The molecule has 1 aromatic carbocycles. The molecule has 3 heterocycles. The molecule has 1 saturated heterocycles. The van der Waals surface area contributed by atoms with Crippen molar-refractivity contribution in [1.29, 1.82) is 0 Å². The topological polar surface area (TPSA) is 91.2 Å². The van der Waals surface area contributed by atoms with Crippen LogP contribution < -0.4 is 5.43 Å². The molecule has 0 unspecified atom stereocenters. The molecule has 12 heteroatoms. The molecule has 0 radical (unpaired) electrons. The molecular formula is C24H22F3N3O4S2. The van der Waals surface area contributed by atoms with E-state index in [2.05, 4.69) is 10.5 Å². The second kappa shape index (κ2) is 10.9. The van der Waals surface area contributed by atoms with Crippen molar-refractivity contribution < 1.29 is 32.6 Å². The number of hydrogen-bond acceptors (Lipinski definition) is 8. The van der Waals surface area contributed by atoms with E-state index in [0.29, 0.717) is 57.8 Å². The lowest BCUT2D eigenvalue weighted by Crippen LogP contribution is -2.39. The maximum absolute atomic E-state index is 12.8. The van der Waals surface area contributed by atoms with Crippen molar-refractivity contribution >= 4 is 40.1 Å². The van der Waals surface area contributed by atoms with E-state index in [1.165, 1.54) is 12.1 Å². The van der Waals surface area contributed by atoms with Gasteiger partial charge in [0.05, 0.1) is 51.2 Å². The summed E-state index contributed by atoms with van der Waals surface area (Å²) < 4.78 is 43.7. The minimum absolute atomic E-state index is 0.0698. The fraction of sp³-hybridized carbons (Fsp3) is 0.292. The standard InChI is InChI=1S/C24H22F3N3O4S2/c1-14(17-13-35-22(21(17)32)15-2-4-16(5-3-15)24(25,26)27)28-29-23(33)20-7-6-19(36-20)18(31)12-30-8-10-34-11-9-30/h2-7,13,32H,8-12H2,1H3,(H,29,33)/b28-14+. The second-order valence-electron chi connectivity index (χ2n) is 8.02. The van der Waals surface area contributed by atoms with Gasteiger partial charge in [0.15, 0.2) is 5.78 Å². The molecule has 0 saturated carbocycles. The molecule has 3 aromatic rings. The molecular weight excluding hydrogens is 515 g/mol. The van der Waals surface area contributed by atoms with Gasteiger partial charge in [-0.05, 0) is 36.8 Å². The van der Waals surface area contributed by atoms with Crippen LogP contribution in [0.15, 0.2) is 46.9 Å². The highest BCUT2D eigenvalue weighted by atomic mass is 32.1. The van der Waals surface area contributed by atoms with Crippen molar-refractivity contribution in [3.63, 3.8) is 0 Å². The normalized spacial score (nSPS) is 15.2. The summed E-state index contributed by atoms with van der Waals surface area (Å²) >= 11 is 2.23. The summed E-state index contributed by atoms with van der Waals surface area (Å²) in [6.45, 7) is 4.41. The van der Waals surface area contributed by atoms with Crippen LogP contribution in [0.1, 0.15) is 37.4 Å². The third-order valence-electron chi connectivity index (χ3n) is 5.53. The number of ether oxygens (including phenoxy) is 1. The van der Waals surface area contributed by atoms with E-state index >= 15 is 0 Å². The van der Waals surface area contributed by atoms with E-state index in [1.807, 2.05) is 4.90 Å². The zero-order chi connectivity index (χ0) is 25.9.